The van der Waals surface area contributed by atoms with Gasteiger partial charge in [0, 0.05) is 6.42 Å². The number of carbonyl (C=O) groups is 2. The van der Waals surface area contributed by atoms with Gasteiger partial charge in [-0.05, 0) is 70.3 Å². The van der Waals surface area contributed by atoms with Crippen molar-refractivity contribution in [2.24, 2.45) is 0 Å². The highest BCUT2D eigenvalue weighted by Crippen LogP contribution is 2.12. The fraction of sp³-hybridized carbons (Fsp3) is 0.543. The van der Waals surface area contributed by atoms with Crippen LogP contribution in [0.3, 0.4) is 0 Å². The average Bonchev–Trinajstić information content (AvgIpc) is 2.91. The van der Waals surface area contributed by atoms with Crippen LogP contribution in [-0.4, -0.2) is 23.1 Å². The SMILES string of the molecule is CC/C=C\C/C=C\C/C=C\C/C=C\C/C=C\CC(=O)OC(/C=C\C/C=C\CCCC)CCCCCCC(=O)O. The number of allylic oxidation sites excluding steroid dienone is 12. The number of esters is 1. The van der Waals surface area contributed by atoms with Crippen LogP contribution < -0.4 is 0 Å². The Morgan fingerprint density at radius 3 is 1.77 bits per heavy atom. The molecule has 1 N–H and O–H groups in total. The molecule has 0 aliphatic heterocycles. The van der Waals surface area contributed by atoms with Crippen molar-refractivity contribution < 1.29 is 19.4 Å². The minimum Gasteiger partial charge on any atom is -0.481 e. The second-order valence-corrected chi connectivity index (χ2v) is 9.56. The van der Waals surface area contributed by atoms with E-state index in [-0.39, 0.29) is 24.9 Å². The van der Waals surface area contributed by atoms with Crippen molar-refractivity contribution in [3.8, 4) is 0 Å². The van der Waals surface area contributed by atoms with Gasteiger partial charge in [0.1, 0.15) is 6.10 Å². The van der Waals surface area contributed by atoms with Crippen molar-refractivity contribution in [2.45, 2.75) is 123 Å². The molecule has 0 saturated carbocycles. The van der Waals surface area contributed by atoms with E-state index in [9.17, 15) is 9.59 Å². The van der Waals surface area contributed by atoms with Gasteiger partial charge in [-0.1, -0.05) is 119 Å². The molecule has 218 valence electrons. The zero-order chi connectivity index (χ0) is 28.7. The molecule has 0 amide bonds. The number of hydrogen-bond donors (Lipinski definition) is 1. The molecule has 0 fully saturated rings. The first kappa shape index (κ1) is 36.1. The molecular weight excluding hydrogens is 484 g/mol. The molecule has 0 spiro atoms. The van der Waals surface area contributed by atoms with E-state index in [2.05, 4.69) is 80.7 Å². The van der Waals surface area contributed by atoms with Gasteiger partial charge in [-0.2, -0.15) is 0 Å². The number of hydrogen-bond acceptors (Lipinski definition) is 3. The lowest BCUT2D eigenvalue weighted by atomic mass is 10.1. The number of rotatable bonds is 25. The summed E-state index contributed by atoms with van der Waals surface area (Å²) in [5, 5.41) is 8.76. The topological polar surface area (TPSA) is 63.6 Å². The summed E-state index contributed by atoms with van der Waals surface area (Å²) in [5.41, 5.74) is 0. The largest absolute Gasteiger partial charge is 0.481 e. The number of carboxylic acid groups (broad SMARTS) is 1. The zero-order valence-electron chi connectivity index (χ0n) is 24.6. The second kappa shape index (κ2) is 29.7. The lowest BCUT2D eigenvalue weighted by molar-refractivity contribution is -0.146. The quantitative estimate of drug-likeness (QED) is 0.0713. The minimum absolute atomic E-state index is 0.213. The van der Waals surface area contributed by atoms with Gasteiger partial charge in [-0.3, -0.25) is 9.59 Å². The zero-order valence-corrected chi connectivity index (χ0v) is 24.6. The molecule has 0 rings (SSSR count). The molecule has 0 saturated heterocycles. The second-order valence-electron chi connectivity index (χ2n) is 9.56. The third kappa shape index (κ3) is 29.5. The van der Waals surface area contributed by atoms with E-state index in [4.69, 9.17) is 9.84 Å². The molecule has 0 aromatic heterocycles. The Balaban J connectivity index is 4.32. The van der Waals surface area contributed by atoms with E-state index in [0.717, 1.165) is 70.6 Å². The van der Waals surface area contributed by atoms with Gasteiger partial charge in [0.15, 0.2) is 0 Å². The van der Waals surface area contributed by atoms with Crippen LogP contribution in [0, 0.1) is 0 Å². The maximum atomic E-state index is 12.4. The monoisotopic (exact) mass is 538 g/mol. The molecule has 0 aliphatic carbocycles. The first-order valence-electron chi connectivity index (χ1n) is 15.1. The molecule has 39 heavy (non-hydrogen) atoms. The number of carbonyl (C=O) groups excluding carboxylic acids is 1. The van der Waals surface area contributed by atoms with Crippen LogP contribution in [0.25, 0.3) is 0 Å². The van der Waals surface area contributed by atoms with Crippen LogP contribution in [0.2, 0.25) is 0 Å². The van der Waals surface area contributed by atoms with Gasteiger partial charge in [-0.25, -0.2) is 0 Å². The van der Waals surface area contributed by atoms with Crippen LogP contribution in [-0.2, 0) is 14.3 Å². The Hall–Kier alpha value is -2.88. The van der Waals surface area contributed by atoms with Crippen molar-refractivity contribution in [3.05, 3.63) is 85.1 Å². The molecule has 1 unspecified atom stereocenters. The third-order valence-corrected chi connectivity index (χ3v) is 5.87. The van der Waals surface area contributed by atoms with Crippen molar-refractivity contribution in [1.82, 2.24) is 0 Å². The van der Waals surface area contributed by atoms with Gasteiger partial charge in [0.25, 0.3) is 0 Å². The van der Waals surface area contributed by atoms with E-state index in [1.165, 1.54) is 12.8 Å². The molecule has 0 aromatic carbocycles. The normalized spacial score (nSPS) is 13.5. The van der Waals surface area contributed by atoms with Gasteiger partial charge in [0.05, 0.1) is 6.42 Å². The summed E-state index contributed by atoms with van der Waals surface area (Å²) >= 11 is 0. The van der Waals surface area contributed by atoms with Crippen molar-refractivity contribution in [1.29, 1.82) is 0 Å². The number of ether oxygens (including phenoxy) is 1. The van der Waals surface area contributed by atoms with E-state index >= 15 is 0 Å². The van der Waals surface area contributed by atoms with Crippen LogP contribution in [0.15, 0.2) is 85.1 Å². The first-order chi connectivity index (χ1) is 19.1. The molecule has 1 atom stereocenters. The van der Waals surface area contributed by atoms with Gasteiger partial charge < -0.3 is 9.84 Å². The summed E-state index contributed by atoms with van der Waals surface area (Å²) in [7, 11) is 0. The van der Waals surface area contributed by atoms with E-state index in [0.29, 0.717) is 6.42 Å². The maximum absolute atomic E-state index is 12.4. The van der Waals surface area contributed by atoms with Crippen LogP contribution >= 0.6 is 0 Å². The Morgan fingerprint density at radius 1 is 0.641 bits per heavy atom. The summed E-state index contributed by atoms with van der Waals surface area (Å²) in [5.74, 6) is -0.956. The predicted molar refractivity (Wildman–Crippen MR) is 167 cm³/mol. The fourth-order valence-electron chi connectivity index (χ4n) is 3.66. The molecule has 0 bridgehead atoms. The molecular formula is C35H54O4. The minimum atomic E-state index is -0.744. The Labute approximate surface area is 239 Å². The van der Waals surface area contributed by atoms with Crippen LogP contribution in [0.5, 0.6) is 0 Å². The van der Waals surface area contributed by atoms with Gasteiger partial charge in [0.2, 0.25) is 0 Å². The number of unbranched alkanes of at least 4 members (excludes halogenated alkanes) is 5. The van der Waals surface area contributed by atoms with Crippen LogP contribution in [0.4, 0.5) is 0 Å². The highest BCUT2D eigenvalue weighted by Gasteiger charge is 2.10. The highest BCUT2D eigenvalue weighted by atomic mass is 16.5. The molecule has 0 aromatic rings. The summed E-state index contributed by atoms with van der Waals surface area (Å²) in [6, 6.07) is 0. The van der Waals surface area contributed by atoms with Crippen molar-refractivity contribution in [3.63, 3.8) is 0 Å². The lowest BCUT2D eigenvalue weighted by Gasteiger charge is -2.14. The molecule has 0 heterocycles. The van der Waals surface area contributed by atoms with Gasteiger partial charge in [-0.15, -0.1) is 0 Å². The molecule has 4 heteroatoms. The van der Waals surface area contributed by atoms with Crippen LogP contribution in [0.1, 0.15) is 117 Å². The van der Waals surface area contributed by atoms with E-state index in [1.54, 1.807) is 0 Å². The summed E-state index contributed by atoms with van der Waals surface area (Å²) in [6.45, 7) is 4.33. The molecule has 0 radical (unpaired) electrons. The number of carboxylic acids is 1. The summed E-state index contributed by atoms with van der Waals surface area (Å²) in [6.07, 6.45) is 43.3. The fourth-order valence-corrected chi connectivity index (χ4v) is 3.66. The summed E-state index contributed by atoms with van der Waals surface area (Å²) in [4.78, 5) is 23.0. The van der Waals surface area contributed by atoms with Crippen molar-refractivity contribution in [2.75, 3.05) is 0 Å². The predicted octanol–water partition coefficient (Wildman–Crippen LogP) is 10.2. The van der Waals surface area contributed by atoms with E-state index in [1.807, 2.05) is 18.2 Å². The highest BCUT2D eigenvalue weighted by molar-refractivity contribution is 5.71. The van der Waals surface area contributed by atoms with Gasteiger partial charge >= 0.3 is 11.9 Å². The Morgan fingerprint density at radius 2 is 1.18 bits per heavy atom. The summed E-state index contributed by atoms with van der Waals surface area (Å²) < 4.78 is 5.73. The molecule has 0 aliphatic rings. The lowest BCUT2D eigenvalue weighted by Crippen LogP contribution is -2.15. The number of aliphatic carboxylic acids is 1. The van der Waals surface area contributed by atoms with E-state index < -0.39 is 5.97 Å². The standard InChI is InChI=1S/C35H54O4/c1-3-5-7-9-11-12-13-14-15-16-17-18-20-22-28-32-35(38)39-33(29-25-21-19-10-8-6-4-2)30-26-23-24-27-31-34(36)37/h5,7,10-12,14-15,17-19,22,25,28-29,33H,3-4,6,8-9,13,16,20-21,23-24,26-27,30-32H2,1-2H3,(H,36,37)/b7-5-,12-11-,15-14-,18-17-,19-10-,28-22-,29-25-. The average molecular weight is 539 g/mol. The Kier molecular flexibility index (Phi) is 27.5. The maximum Gasteiger partial charge on any atom is 0.310 e. The smallest absolute Gasteiger partial charge is 0.310 e. The van der Waals surface area contributed by atoms with Crippen molar-refractivity contribution >= 4 is 11.9 Å². The first-order valence-corrected chi connectivity index (χ1v) is 15.1. The third-order valence-electron chi connectivity index (χ3n) is 5.87. The Bertz CT molecular complexity index is 795. The molecule has 4 nitrogen and oxygen atoms in total.